The molecule has 3 N–H and O–H groups in total. The number of anilines is 1. The van der Waals surface area contributed by atoms with Crippen molar-refractivity contribution in [1.29, 1.82) is 0 Å². The number of aliphatic hydroxyl groups is 2. The van der Waals surface area contributed by atoms with Crippen LogP contribution in [0.15, 0.2) is 24.5 Å². The molecule has 1 aliphatic carbocycles. The predicted molar refractivity (Wildman–Crippen MR) is 112 cm³/mol. The topological polar surface area (TPSA) is 123 Å². The molecule has 0 spiro atoms. The highest BCUT2D eigenvalue weighted by atomic mass is 16.6. The summed E-state index contributed by atoms with van der Waals surface area (Å²) in [5.74, 6) is -1.04. The third-order valence-electron chi connectivity index (χ3n) is 7.03. The van der Waals surface area contributed by atoms with E-state index in [1.165, 1.54) is 0 Å². The number of aliphatic carboxylic acids is 1. The highest BCUT2D eigenvalue weighted by molar-refractivity contribution is 5.70. The van der Waals surface area contributed by atoms with Crippen LogP contribution in [0.25, 0.3) is 0 Å². The van der Waals surface area contributed by atoms with Crippen LogP contribution < -0.4 is 4.90 Å². The van der Waals surface area contributed by atoms with E-state index in [0.717, 1.165) is 31.6 Å². The molecule has 3 aliphatic rings. The zero-order valence-corrected chi connectivity index (χ0v) is 17.7. The van der Waals surface area contributed by atoms with E-state index < -0.39 is 17.2 Å². The number of aromatic nitrogens is 1. The van der Waals surface area contributed by atoms with Gasteiger partial charge in [0.05, 0.1) is 24.2 Å². The number of amides is 1. The third kappa shape index (κ3) is 5.10. The van der Waals surface area contributed by atoms with Crippen LogP contribution in [-0.4, -0.2) is 80.2 Å². The number of hydrogen-bond acceptors (Lipinski definition) is 7. The van der Waals surface area contributed by atoms with Crippen molar-refractivity contribution in [3.8, 4) is 0 Å². The molecule has 1 aromatic rings. The molecule has 31 heavy (non-hydrogen) atoms. The van der Waals surface area contributed by atoms with Crippen LogP contribution in [0.1, 0.15) is 51.4 Å². The lowest BCUT2D eigenvalue weighted by atomic mass is 9.72. The first kappa shape index (κ1) is 21.8. The first-order chi connectivity index (χ1) is 14.8. The van der Waals surface area contributed by atoms with Crippen molar-refractivity contribution >= 4 is 17.7 Å². The fourth-order valence-electron chi connectivity index (χ4n) is 5.20. The number of nitrogens with zero attached hydrogens (tertiary/aromatic N) is 3. The Hall–Kier alpha value is -2.39. The van der Waals surface area contributed by atoms with Gasteiger partial charge in [-0.25, -0.2) is 4.79 Å². The number of piperidine rings is 1. The molecule has 0 bridgehead atoms. The van der Waals surface area contributed by atoms with Gasteiger partial charge in [0.2, 0.25) is 0 Å². The average molecular weight is 434 g/mol. The minimum atomic E-state index is -1.26. The predicted octanol–water partition coefficient (Wildman–Crippen LogP) is 1.77. The highest BCUT2D eigenvalue weighted by Crippen LogP contribution is 2.40. The SMILES string of the molecule is O=C(O)CC1(O)CCC(O)(CC2CN(C3CCN(c4ccncc4)CC3)C(=O)O2)CC1. The Morgan fingerprint density at radius 1 is 1.10 bits per heavy atom. The number of carbonyl (C=O) groups is 2. The standard InChI is InChI=1S/C22H31N3O6/c26-19(27)14-22(30)7-5-21(29,6-8-22)13-18-15-25(20(28)31-18)17-3-11-24(12-4-17)16-1-9-23-10-2-16/h1-2,9-10,17-18,29-30H,3-8,11-15H2,(H,26,27). The van der Waals surface area contributed by atoms with Crippen molar-refractivity contribution in [2.45, 2.75) is 74.7 Å². The maximum Gasteiger partial charge on any atom is 0.410 e. The van der Waals surface area contributed by atoms with Crippen LogP contribution in [0.5, 0.6) is 0 Å². The van der Waals surface area contributed by atoms with E-state index >= 15 is 0 Å². The Morgan fingerprint density at radius 3 is 2.32 bits per heavy atom. The Kier molecular flexibility index (Phi) is 6.07. The van der Waals surface area contributed by atoms with Crippen LogP contribution >= 0.6 is 0 Å². The van der Waals surface area contributed by atoms with Gasteiger partial charge in [-0.1, -0.05) is 0 Å². The molecule has 3 fully saturated rings. The van der Waals surface area contributed by atoms with Gasteiger partial charge in [0.15, 0.2) is 0 Å². The van der Waals surface area contributed by atoms with Gasteiger partial charge in [0, 0.05) is 43.6 Å². The zero-order valence-electron chi connectivity index (χ0n) is 17.7. The number of rotatable bonds is 6. The molecule has 2 saturated heterocycles. The van der Waals surface area contributed by atoms with Gasteiger partial charge in [-0.15, -0.1) is 0 Å². The third-order valence-corrected chi connectivity index (χ3v) is 7.03. The summed E-state index contributed by atoms with van der Waals surface area (Å²) in [5.41, 5.74) is -1.17. The summed E-state index contributed by atoms with van der Waals surface area (Å²) in [7, 11) is 0. The Labute approximate surface area is 181 Å². The number of pyridine rings is 1. The second-order valence-corrected chi connectivity index (χ2v) is 9.31. The van der Waals surface area contributed by atoms with Gasteiger partial charge < -0.3 is 29.9 Å². The van der Waals surface area contributed by atoms with Crippen molar-refractivity contribution in [3.05, 3.63) is 24.5 Å². The average Bonchev–Trinajstić information content (AvgIpc) is 3.10. The summed E-state index contributed by atoms with van der Waals surface area (Å²) in [6.07, 6.45) is 5.63. The van der Waals surface area contributed by atoms with Crippen LogP contribution in [0.3, 0.4) is 0 Å². The van der Waals surface area contributed by atoms with Gasteiger partial charge in [-0.2, -0.15) is 0 Å². The summed E-state index contributed by atoms with van der Waals surface area (Å²) in [6, 6.07) is 4.10. The van der Waals surface area contributed by atoms with Crippen LogP contribution in [0.2, 0.25) is 0 Å². The quantitative estimate of drug-likeness (QED) is 0.620. The van der Waals surface area contributed by atoms with Crippen LogP contribution in [0, 0.1) is 0 Å². The molecule has 1 aromatic heterocycles. The minimum absolute atomic E-state index is 0.122. The lowest BCUT2D eigenvalue weighted by Gasteiger charge is -2.41. The summed E-state index contributed by atoms with van der Waals surface area (Å²) in [4.78, 5) is 31.6. The van der Waals surface area contributed by atoms with E-state index in [9.17, 15) is 19.8 Å². The highest BCUT2D eigenvalue weighted by Gasteiger charge is 2.46. The maximum atomic E-state index is 12.5. The molecular formula is C22H31N3O6. The van der Waals surface area contributed by atoms with E-state index in [4.69, 9.17) is 9.84 Å². The number of ether oxygens (including phenoxy) is 1. The molecule has 0 radical (unpaired) electrons. The summed E-state index contributed by atoms with van der Waals surface area (Å²) >= 11 is 0. The van der Waals surface area contributed by atoms with Crippen molar-refractivity contribution in [1.82, 2.24) is 9.88 Å². The molecule has 9 nitrogen and oxygen atoms in total. The van der Waals surface area contributed by atoms with Crippen LogP contribution in [-0.2, 0) is 9.53 Å². The largest absolute Gasteiger partial charge is 0.481 e. The van der Waals surface area contributed by atoms with Gasteiger partial charge in [0.1, 0.15) is 6.10 Å². The van der Waals surface area contributed by atoms with Crippen LogP contribution in [0.4, 0.5) is 10.5 Å². The van der Waals surface area contributed by atoms with Gasteiger partial charge in [-0.05, 0) is 50.7 Å². The molecule has 0 aromatic carbocycles. The number of cyclic esters (lactones) is 1. The fourth-order valence-corrected chi connectivity index (χ4v) is 5.20. The Morgan fingerprint density at radius 2 is 1.71 bits per heavy atom. The van der Waals surface area contributed by atoms with E-state index in [2.05, 4.69) is 9.88 Å². The Balaban J connectivity index is 1.28. The lowest BCUT2D eigenvalue weighted by Crippen LogP contribution is -2.47. The summed E-state index contributed by atoms with van der Waals surface area (Å²) in [5, 5.41) is 30.3. The fraction of sp³-hybridized carbons (Fsp3) is 0.682. The van der Waals surface area contributed by atoms with E-state index in [-0.39, 0.29) is 37.5 Å². The first-order valence-corrected chi connectivity index (χ1v) is 11.0. The molecule has 1 atom stereocenters. The van der Waals surface area contributed by atoms with Gasteiger partial charge in [0.25, 0.3) is 0 Å². The smallest absolute Gasteiger partial charge is 0.410 e. The molecule has 1 saturated carbocycles. The molecule has 1 amide bonds. The number of carbonyl (C=O) groups excluding carboxylic acids is 1. The number of hydrogen-bond donors (Lipinski definition) is 3. The van der Waals surface area contributed by atoms with Gasteiger partial charge >= 0.3 is 12.1 Å². The molecular weight excluding hydrogens is 402 g/mol. The molecule has 2 aliphatic heterocycles. The summed E-state index contributed by atoms with van der Waals surface area (Å²) < 4.78 is 5.57. The van der Waals surface area contributed by atoms with Crippen molar-refractivity contribution in [3.63, 3.8) is 0 Å². The Bertz CT molecular complexity index is 788. The second kappa shape index (κ2) is 8.63. The monoisotopic (exact) mass is 433 g/mol. The van der Waals surface area contributed by atoms with Crippen molar-refractivity contribution in [2.24, 2.45) is 0 Å². The molecule has 1 unspecified atom stereocenters. The minimum Gasteiger partial charge on any atom is -0.481 e. The van der Waals surface area contributed by atoms with E-state index in [0.29, 0.717) is 25.8 Å². The van der Waals surface area contributed by atoms with E-state index in [1.807, 2.05) is 12.1 Å². The van der Waals surface area contributed by atoms with Crippen molar-refractivity contribution < 1.29 is 29.6 Å². The zero-order chi connectivity index (χ0) is 22.1. The van der Waals surface area contributed by atoms with Crippen molar-refractivity contribution in [2.75, 3.05) is 24.5 Å². The number of carboxylic acid groups (broad SMARTS) is 1. The lowest BCUT2D eigenvalue weighted by molar-refractivity contribution is -0.148. The molecule has 3 heterocycles. The number of carboxylic acids is 1. The molecule has 4 rings (SSSR count). The first-order valence-electron chi connectivity index (χ1n) is 11.0. The summed E-state index contributed by atoms with van der Waals surface area (Å²) in [6.45, 7) is 2.17. The maximum absolute atomic E-state index is 12.5. The molecule has 9 heteroatoms. The van der Waals surface area contributed by atoms with E-state index in [1.54, 1.807) is 17.3 Å². The molecule has 170 valence electrons. The van der Waals surface area contributed by atoms with Gasteiger partial charge in [-0.3, -0.25) is 9.78 Å². The second-order valence-electron chi connectivity index (χ2n) is 9.31. The normalized spacial score (nSPS) is 32.2.